The Bertz CT molecular complexity index is 889. The molecule has 1 aliphatic heterocycles. The Morgan fingerprint density at radius 3 is 2.57 bits per heavy atom. The molecule has 1 heterocycles. The zero-order valence-corrected chi connectivity index (χ0v) is 21.8. The maximum atomic E-state index is 12.8. The van der Waals surface area contributed by atoms with Crippen molar-refractivity contribution in [2.75, 3.05) is 39.9 Å². The van der Waals surface area contributed by atoms with Crippen molar-refractivity contribution < 1.29 is 33.8 Å². The number of hydrogen-bond acceptors (Lipinski definition) is 8. The van der Waals surface area contributed by atoms with Gasteiger partial charge in [-0.3, -0.25) is 19.2 Å². The predicted octanol–water partition coefficient (Wildman–Crippen LogP) is 0.493. The summed E-state index contributed by atoms with van der Waals surface area (Å²) in [7, 11) is 1.59. The van der Waals surface area contributed by atoms with E-state index in [9.17, 15) is 24.3 Å². The summed E-state index contributed by atoms with van der Waals surface area (Å²) in [4.78, 5) is 51.1. The summed E-state index contributed by atoms with van der Waals surface area (Å²) in [6.07, 6.45) is 1.78. The van der Waals surface area contributed by atoms with E-state index in [2.05, 4.69) is 16.0 Å². The van der Waals surface area contributed by atoms with Gasteiger partial charge in [-0.2, -0.15) is 0 Å². The monoisotopic (exact) mass is 520 g/mol. The molecule has 3 amide bonds. The minimum absolute atomic E-state index is 0.0474. The molecule has 2 atom stereocenters. The molecule has 11 nitrogen and oxygen atoms in total. The third-order valence-corrected chi connectivity index (χ3v) is 5.97. The number of nitrogens with one attached hydrogen (secondary N) is 3. The minimum atomic E-state index is -1.02. The number of aliphatic hydroxyl groups excluding tert-OH is 1. The van der Waals surface area contributed by atoms with E-state index in [0.29, 0.717) is 19.6 Å². The Kier molecular flexibility index (Phi) is 13.4. The molecular weight excluding hydrogens is 480 g/mol. The van der Waals surface area contributed by atoms with E-state index in [4.69, 9.17) is 9.47 Å². The van der Waals surface area contributed by atoms with Gasteiger partial charge in [-0.25, -0.2) is 0 Å². The Labute approximate surface area is 218 Å². The smallest absolute Gasteiger partial charge is 0.315 e. The molecule has 0 saturated carbocycles. The molecule has 0 radical (unpaired) electrons. The Balaban J connectivity index is 1.84. The Morgan fingerprint density at radius 2 is 1.86 bits per heavy atom. The molecule has 11 heteroatoms. The number of rotatable bonds is 15. The molecule has 0 bridgehead atoms. The van der Waals surface area contributed by atoms with Crippen LogP contribution in [0.3, 0.4) is 0 Å². The zero-order chi connectivity index (χ0) is 27.0. The summed E-state index contributed by atoms with van der Waals surface area (Å²) in [6.45, 7) is 3.85. The van der Waals surface area contributed by atoms with Gasteiger partial charge in [0, 0.05) is 39.1 Å². The molecule has 1 saturated heterocycles. The van der Waals surface area contributed by atoms with E-state index in [-0.39, 0.29) is 38.4 Å². The normalized spacial score (nSPS) is 14.8. The molecule has 37 heavy (non-hydrogen) atoms. The van der Waals surface area contributed by atoms with E-state index in [0.717, 1.165) is 30.6 Å². The summed E-state index contributed by atoms with van der Waals surface area (Å²) in [5.74, 6) is -1.22. The standard InChI is InChI=1S/C26H40N4O7/c1-3-37-25(34)15-23(32)29-22(10-11-24(33)30-12-5-4-6-13-30)26(35)28-18-20(31)17-27-16-19-8-7-9-21(14-19)36-2/h7-9,14,20,22,27,31H,3-6,10-13,15-18H2,1-2H3,(H,28,35)(H,29,32)/t20-,22-/m1/s1. The second-order valence-electron chi connectivity index (χ2n) is 8.96. The van der Waals surface area contributed by atoms with Gasteiger partial charge in [-0.1, -0.05) is 12.1 Å². The maximum absolute atomic E-state index is 12.8. The highest BCUT2D eigenvalue weighted by molar-refractivity contribution is 5.96. The number of benzene rings is 1. The van der Waals surface area contributed by atoms with Gasteiger partial charge >= 0.3 is 5.97 Å². The molecule has 1 aromatic carbocycles. The number of likely N-dealkylation sites (tertiary alicyclic amines) is 1. The molecule has 0 unspecified atom stereocenters. The second kappa shape index (κ2) is 16.5. The number of aliphatic hydroxyl groups is 1. The largest absolute Gasteiger partial charge is 0.497 e. The van der Waals surface area contributed by atoms with Crippen molar-refractivity contribution in [2.45, 2.75) is 64.1 Å². The fraction of sp³-hybridized carbons (Fsp3) is 0.615. The lowest BCUT2D eigenvalue weighted by Gasteiger charge is -2.27. The molecule has 0 spiro atoms. The number of nitrogens with zero attached hydrogens (tertiary/aromatic N) is 1. The first-order valence-electron chi connectivity index (χ1n) is 12.8. The zero-order valence-electron chi connectivity index (χ0n) is 21.8. The first-order chi connectivity index (χ1) is 17.8. The van der Waals surface area contributed by atoms with Gasteiger partial charge in [0.05, 0.1) is 19.8 Å². The van der Waals surface area contributed by atoms with E-state index in [1.807, 2.05) is 24.3 Å². The molecule has 1 aromatic rings. The molecule has 4 N–H and O–H groups in total. The fourth-order valence-electron chi connectivity index (χ4n) is 4.01. The van der Waals surface area contributed by atoms with Gasteiger partial charge in [0.15, 0.2) is 0 Å². The fourth-order valence-corrected chi connectivity index (χ4v) is 4.01. The molecule has 206 valence electrons. The lowest BCUT2D eigenvalue weighted by molar-refractivity contribution is -0.146. The van der Waals surface area contributed by atoms with Gasteiger partial charge in [-0.05, 0) is 50.3 Å². The van der Waals surface area contributed by atoms with Crippen LogP contribution in [-0.4, -0.2) is 85.7 Å². The van der Waals surface area contributed by atoms with Crippen molar-refractivity contribution in [3.8, 4) is 5.75 Å². The Morgan fingerprint density at radius 1 is 1.11 bits per heavy atom. The average Bonchev–Trinajstić information content (AvgIpc) is 2.90. The first kappa shape index (κ1) is 30.0. The van der Waals surface area contributed by atoms with Gasteiger partial charge in [-0.15, -0.1) is 0 Å². The van der Waals surface area contributed by atoms with Crippen LogP contribution in [0.25, 0.3) is 0 Å². The highest BCUT2D eigenvalue weighted by Crippen LogP contribution is 2.13. The molecule has 0 aromatic heterocycles. The predicted molar refractivity (Wildman–Crippen MR) is 137 cm³/mol. The number of esters is 1. The van der Waals surface area contributed by atoms with E-state index >= 15 is 0 Å². The molecule has 1 fully saturated rings. The van der Waals surface area contributed by atoms with Crippen LogP contribution >= 0.6 is 0 Å². The van der Waals surface area contributed by atoms with Crippen molar-refractivity contribution in [3.63, 3.8) is 0 Å². The van der Waals surface area contributed by atoms with E-state index in [1.54, 1.807) is 18.9 Å². The minimum Gasteiger partial charge on any atom is -0.497 e. The number of methoxy groups -OCH3 is 1. The average molecular weight is 521 g/mol. The third-order valence-electron chi connectivity index (χ3n) is 5.97. The topological polar surface area (TPSA) is 146 Å². The van der Waals surface area contributed by atoms with Gasteiger partial charge in [0.25, 0.3) is 0 Å². The highest BCUT2D eigenvalue weighted by atomic mass is 16.5. The Hall–Kier alpha value is -3.18. The third kappa shape index (κ3) is 11.6. The lowest BCUT2D eigenvalue weighted by Crippen LogP contribution is -2.50. The number of carbonyl (C=O) groups is 4. The molecule has 0 aliphatic carbocycles. The van der Waals surface area contributed by atoms with E-state index in [1.165, 1.54) is 0 Å². The van der Waals surface area contributed by atoms with Crippen molar-refractivity contribution in [1.29, 1.82) is 0 Å². The molecule has 2 rings (SSSR count). The van der Waals surface area contributed by atoms with Crippen LogP contribution in [0.15, 0.2) is 24.3 Å². The summed E-state index contributed by atoms with van der Waals surface area (Å²) in [5.41, 5.74) is 0.985. The second-order valence-corrected chi connectivity index (χ2v) is 8.96. The van der Waals surface area contributed by atoms with Gasteiger partial charge < -0.3 is 35.4 Å². The lowest BCUT2D eigenvalue weighted by atomic mass is 10.1. The van der Waals surface area contributed by atoms with Crippen LogP contribution in [-0.2, 0) is 30.5 Å². The SMILES string of the molecule is CCOC(=O)CC(=O)N[C@H](CCC(=O)N1CCCCC1)C(=O)NC[C@H](O)CNCc1cccc(OC)c1. The summed E-state index contributed by atoms with van der Waals surface area (Å²) in [5, 5.41) is 18.6. The number of amides is 3. The molecule has 1 aliphatic rings. The van der Waals surface area contributed by atoms with Crippen LogP contribution in [0.4, 0.5) is 0 Å². The highest BCUT2D eigenvalue weighted by Gasteiger charge is 2.25. The van der Waals surface area contributed by atoms with Crippen LogP contribution in [0, 0.1) is 0 Å². The van der Waals surface area contributed by atoms with Crippen LogP contribution in [0.1, 0.15) is 51.0 Å². The number of ether oxygens (including phenoxy) is 2. The maximum Gasteiger partial charge on any atom is 0.315 e. The van der Waals surface area contributed by atoms with E-state index < -0.39 is 36.4 Å². The van der Waals surface area contributed by atoms with Crippen molar-refractivity contribution in [1.82, 2.24) is 20.9 Å². The number of hydrogen-bond donors (Lipinski definition) is 4. The van der Waals surface area contributed by atoms with Crippen molar-refractivity contribution in [3.05, 3.63) is 29.8 Å². The first-order valence-corrected chi connectivity index (χ1v) is 12.8. The van der Waals surface area contributed by atoms with Crippen LogP contribution < -0.4 is 20.7 Å². The summed E-state index contributed by atoms with van der Waals surface area (Å²) in [6, 6.07) is 6.51. The van der Waals surface area contributed by atoms with Crippen molar-refractivity contribution >= 4 is 23.7 Å². The van der Waals surface area contributed by atoms with Gasteiger partial charge in [0.2, 0.25) is 17.7 Å². The number of carbonyl (C=O) groups excluding carboxylic acids is 4. The van der Waals surface area contributed by atoms with Crippen LogP contribution in [0.2, 0.25) is 0 Å². The summed E-state index contributed by atoms with van der Waals surface area (Å²) < 4.78 is 9.98. The molecular formula is C26H40N4O7. The quantitative estimate of drug-likeness (QED) is 0.193. The number of piperidine rings is 1. The van der Waals surface area contributed by atoms with Crippen molar-refractivity contribution in [2.24, 2.45) is 0 Å². The van der Waals surface area contributed by atoms with Crippen LogP contribution in [0.5, 0.6) is 5.75 Å². The summed E-state index contributed by atoms with van der Waals surface area (Å²) >= 11 is 0. The van der Waals surface area contributed by atoms with Gasteiger partial charge in [0.1, 0.15) is 18.2 Å².